The maximum Gasteiger partial charge on any atom is 0.193 e. The summed E-state index contributed by atoms with van der Waals surface area (Å²) in [4.78, 5) is 5.57. The van der Waals surface area contributed by atoms with Crippen molar-refractivity contribution in [3.8, 4) is 0 Å². The minimum Gasteiger partial charge on any atom is -0.352 e. The van der Waals surface area contributed by atoms with Crippen molar-refractivity contribution in [3.05, 3.63) is 34.9 Å². The fourth-order valence-corrected chi connectivity index (χ4v) is 3.97. The molecule has 11 heteroatoms. The number of halogens is 5. The molecule has 1 heterocycles. The molecule has 1 aromatic carbocycles. The van der Waals surface area contributed by atoms with E-state index >= 15 is 0 Å². The maximum absolute atomic E-state index is 13.7. The maximum atomic E-state index is 13.7. The normalized spacial score (nSPS) is 19.0. The van der Waals surface area contributed by atoms with Crippen molar-refractivity contribution in [1.29, 1.82) is 0 Å². The number of hydrogen-bond acceptors (Lipinski definition) is 3. The van der Waals surface area contributed by atoms with Crippen molar-refractivity contribution in [1.82, 2.24) is 10.2 Å². The van der Waals surface area contributed by atoms with Gasteiger partial charge in [-0.15, -0.1) is 24.0 Å². The molecule has 1 aliphatic rings. The van der Waals surface area contributed by atoms with Crippen LogP contribution in [0.1, 0.15) is 19.4 Å². The van der Waals surface area contributed by atoms with E-state index in [9.17, 15) is 26.0 Å². The van der Waals surface area contributed by atoms with Gasteiger partial charge < -0.3 is 10.2 Å². The lowest BCUT2D eigenvalue weighted by atomic mass is 10.1. The van der Waals surface area contributed by atoms with Gasteiger partial charge in [-0.25, -0.2) is 26.0 Å². The molecule has 26 heavy (non-hydrogen) atoms. The van der Waals surface area contributed by atoms with Crippen molar-refractivity contribution >= 4 is 39.8 Å². The highest BCUT2D eigenvalue weighted by Gasteiger charge is 2.41. The lowest BCUT2D eigenvalue weighted by Crippen LogP contribution is -2.57. The first-order valence-electron chi connectivity index (χ1n) is 7.50. The van der Waals surface area contributed by atoms with Gasteiger partial charge >= 0.3 is 0 Å². The van der Waals surface area contributed by atoms with Crippen LogP contribution >= 0.6 is 24.0 Å². The van der Waals surface area contributed by atoms with E-state index in [0.29, 0.717) is 0 Å². The molecule has 148 valence electrons. The number of sulfone groups is 1. The zero-order chi connectivity index (χ0) is 19.0. The molecule has 0 aliphatic carbocycles. The standard InChI is InChI=1S/C15H19F4N3O2S.HI/c1-15(2)8-22(4-5-25(15,23)24)14(20-3)21-7-9-12(18)10(16)6-11(17)13(9)19;/h6H,4-5,7-8H2,1-3H3,(H,20,21);1H. The predicted molar refractivity (Wildman–Crippen MR) is 101 cm³/mol. The van der Waals surface area contributed by atoms with Crippen LogP contribution in [-0.2, 0) is 16.4 Å². The number of nitrogens with one attached hydrogen (secondary N) is 1. The summed E-state index contributed by atoms with van der Waals surface area (Å²) in [6.45, 7) is 2.88. The molecule has 0 spiro atoms. The Hall–Kier alpha value is -1.11. The minimum absolute atomic E-state index is 0. The van der Waals surface area contributed by atoms with E-state index in [2.05, 4.69) is 10.3 Å². The third-order valence-electron chi connectivity index (χ3n) is 4.18. The molecule has 0 radical (unpaired) electrons. The summed E-state index contributed by atoms with van der Waals surface area (Å²) in [7, 11) is -1.86. The first-order chi connectivity index (χ1) is 11.5. The summed E-state index contributed by atoms with van der Waals surface area (Å²) < 4.78 is 77.0. The number of aliphatic imine (C=N–C) groups is 1. The smallest absolute Gasteiger partial charge is 0.193 e. The summed E-state index contributed by atoms with van der Waals surface area (Å²) >= 11 is 0. The fraction of sp³-hybridized carbons (Fsp3) is 0.533. The topological polar surface area (TPSA) is 61.8 Å². The van der Waals surface area contributed by atoms with Crippen molar-refractivity contribution in [2.75, 3.05) is 25.9 Å². The van der Waals surface area contributed by atoms with E-state index < -0.39 is 50.0 Å². The third-order valence-corrected chi connectivity index (χ3v) is 6.71. The largest absolute Gasteiger partial charge is 0.352 e. The van der Waals surface area contributed by atoms with Gasteiger partial charge in [0.1, 0.15) is 0 Å². The van der Waals surface area contributed by atoms with E-state index in [1.807, 2.05) is 0 Å². The highest BCUT2D eigenvalue weighted by molar-refractivity contribution is 14.0. The average Bonchev–Trinajstić information content (AvgIpc) is 2.52. The Labute approximate surface area is 166 Å². The molecule has 0 saturated carbocycles. The molecule has 0 unspecified atom stereocenters. The molecule has 1 N–H and O–H groups in total. The Morgan fingerprint density at radius 3 is 2.23 bits per heavy atom. The summed E-state index contributed by atoms with van der Waals surface area (Å²) in [6.07, 6.45) is 0. The Kier molecular flexibility index (Phi) is 7.30. The number of nitrogens with zero attached hydrogens (tertiary/aromatic N) is 2. The molecular formula is C15H20F4IN3O2S. The number of rotatable bonds is 2. The molecule has 1 fully saturated rings. The Bertz CT molecular complexity index is 789. The molecule has 1 aliphatic heterocycles. The van der Waals surface area contributed by atoms with Crippen LogP contribution in [-0.4, -0.2) is 49.9 Å². The minimum atomic E-state index is -3.27. The van der Waals surface area contributed by atoms with Gasteiger partial charge in [0, 0.05) is 38.3 Å². The molecule has 2 rings (SSSR count). The Morgan fingerprint density at radius 2 is 1.77 bits per heavy atom. The van der Waals surface area contributed by atoms with E-state index in [1.165, 1.54) is 7.05 Å². The highest BCUT2D eigenvalue weighted by atomic mass is 127. The van der Waals surface area contributed by atoms with Gasteiger partial charge in [0.25, 0.3) is 0 Å². The Balaban J connectivity index is 0.00000338. The van der Waals surface area contributed by atoms with Crippen molar-refractivity contribution < 1.29 is 26.0 Å². The first kappa shape index (κ1) is 22.9. The second kappa shape index (κ2) is 8.28. The van der Waals surface area contributed by atoms with Crippen molar-refractivity contribution in [3.63, 3.8) is 0 Å². The molecule has 0 bridgehead atoms. The monoisotopic (exact) mass is 509 g/mol. The number of benzene rings is 1. The Morgan fingerprint density at radius 1 is 1.23 bits per heavy atom. The summed E-state index contributed by atoms with van der Waals surface area (Å²) in [5.41, 5.74) is -0.789. The van der Waals surface area contributed by atoms with E-state index in [4.69, 9.17) is 0 Å². The predicted octanol–water partition coefficient (Wildman–Crippen LogP) is 2.45. The zero-order valence-corrected chi connectivity index (χ0v) is 17.6. The van der Waals surface area contributed by atoms with E-state index in [0.717, 1.165) is 0 Å². The molecule has 5 nitrogen and oxygen atoms in total. The number of hydrogen-bond donors (Lipinski definition) is 1. The molecular weight excluding hydrogens is 489 g/mol. The summed E-state index contributed by atoms with van der Waals surface area (Å²) in [6, 6.07) is 0.140. The average molecular weight is 509 g/mol. The molecule has 0 atom stereocenters. The van der Waals surface area contributed by atoms with Crippen LogP contribution in [0.25, 0.3) is 0 Å². The van der Waals surface area contributed by atoms with Crippen LogP contribution in [0.15, 0.2) is 11.1 Å². The summed E-state index contributed by atoms with van der Waals surface area (Å²) in [5.74, 6) is -5.86. The summed E-state index contributed by atoms with van der Waals surface area (Å²) in [5, 5.41) is 2.62. The second-order valence-electron chi connectivity index (χ2n) is 6.35. The van der Waals surface area contributed by atoms with Crippen LogP contribution in [0.3, 0.4) is 0 Å². The van der Waals surface area contributed by atoms with Crippen LogP contribution in [0, 0.1) is 23.3 Å². The first-order valence-corrected chi connectivity index (χ1v) is 9.15. The molecule has 0 amide bonds. The van der Waals surface area contributed by atoms with Gasteiger partial charge in [0.2, 0.25) is 0 Å². The zero-order valence-electron chi connectivity index (χ0n) is 14.4. The lowest BCUT2D eigenvalue weighted by molar-refractivity contribution is 0.352. The van der Waals surface area contributed by atoms with Gasteiger partial charge in [-0.3, -0.25) is 4.99 Å². The van der Waals surface area contributed by atoms with Gasteiger partial charge in [-0.2, -0.15) is 0 Å². The molecule has 0 aromatic heterocycles. The van der Waals surface area contributed by atoms with Crippen molar-refractivity contribution in [2.45, 2.75) is 25.1 Å². The van der Waals surface area contributed by atoms with Gasteiger partial charge in [0.15, 0.2) is 39.1 Å². The SMILES string of the molecule is CN=C(NCc1c(F)c(F)cc(F)c1F)N1CCS(=O)(=O)C(C)(C)C1.I. The van der Waals surface area contributed by atoms with Crippen molar-refractivity contribution in [2.24, 2.45) is 4.99 Å². The number of guanidine groups is 1. The molecule has 1 aromatic rings. The van der Waals surface area contributed by atoms with Crippen LogP contribution < -0.4 is 5.32 Å². The van der Waals surface area contributed by atoms with E-state index in [-0.39, 0.29) is 54.8 Å². The van der Waals surface area contributed by atoms with Gasteiger partial charge in [0.05, 0.1) is 10.5 Å². The van der Waals surface area contributed by atoms with Gasteiger partial charge in [-0.1, -0.05) is 0 Å². The van der Waals surface area contributed by atoms with Gasteiger partial charge in [-0.05, 0) is 13.8 Å². The highest BCUT2D eigenvalue weighted by Crippen LogP contribution is 2.24. The van der Waals surface area contributed by atoms with Crippen LogP contribution in [0.4, 0.5) is 17.6 Å². The van der Waals surface area contributed by atoms with E-state index in [1.54, 1.807) is 18.7 Å². The van der Waals surface area contributed by atoms with Crippen LogP contribution in [0.2, 0.25) is 0 Å². The van der Waals surface area contributed by atoms with Crippen LogP contribution in [0.5, 0.6) is 0 Å². The second-order valence-corrected chi connectivity index (χ2v) is 9.09. The molecule has 1 saturated heterocycles. The quantitative estimate of drug-likeness (QED) is 0.219. The fourth-order valence-electron chi connectivity index (χ4n) is 2.60. The third kappa shape index (κ3) is 4.41. The lowest BCUT2D eigenvalue weighted by Gasteiger charge is -2.39.